The molecule has 0 bridgehead atoms. The third kappa shape index (κ3) is 1.98. The Morgan fingerprint density at radius 1 is 1.37 bits per heavy atom. The standard InChI is InChI=1S/C12H17N3O4/c1-3-14(2)8(16)7-15-10(18)12(5-4-6-12)9(17)13-11(15)19/h3-7H2,1-2H3,(H,13,17,19). The van der Waals surface area contributed by atoms with Gasteiger partial charge in [0.2, 0.25) is 17.7 Å². The number of carbonyl (C=O) groups excluding carboxylic acids is 4. The van der Waals surface area contributed by atoms with E-state index in [2.05, 4.69) is 5.32 Å². The highest BCUT2D eigenvalue weighted by Crippen LogP contribution is 2.44. The van der Waals surface area contributed by atoms with Crippen LogP contribution in [0.25, 0.3) is 0 Å². The Morgan fingerprint density at radius 3 is 2.47 bits per heavy atom. The van der Waals surface area contributed by atoms with E-state index in [1.165, 1.54) is 4.90 Å². The average molecular weight is 267 g/mol. The second-order valence-corrected chi connectivity index (χ2v) is 4.99. The number of rotatable bonds is 3. The molecule has 1 aliphatic heterocycles. The van der Waals surface area contributed by atoms with Crippen LogP contribution < -0.4 is 5.32 Å². The van der Waals surface area contributed by atoms with Crippen LogP contribution in [0, 0.1) is 5.41 Å². The molecule has 1 saturated heterocycles. The topological polar surface area (TPSA) is 86.8 Å². The molecule has 2 fully saturated rings. The van der Waals surface area contributed by atoms with Crippen LogP contribution in [0.15, 0.2) is 0 Å². The third-order valence-corrected chi connectivity index (χ3v) is 3.96. The van der Waals surface area contributed by atoms with Gasteiger partial charge in [-0.05, 0) is 19.8 Å². The molecule has 104 valence electrons. The lowest BCUT2D eigenvalue weighted by molar-refractivity contribution is -0.159. The van der Waals surface area contributed by atoms with Crippen molar-refractivity contribution >= 4 is 23.8 Å². The smallest absolute Gasteiger partial charge is 0.331 e. The number of hydrogen-bond donors (Lipinski definition) is 1. The zero-order chi connectivity index (χ0) is 14.2. The molecular weight excluding hydrogens is 250 g/mol. The maximum absolute atomic E-state index is 12.3. The molecule has 1 N–H and O–H groups in total. The highest BCUT2D eigenvalue weighted by Gasteiger charge is 2.57. The zero-order valence-corrected chi connectivity index (χ0v) is 11.1. The van der Waals surface area contributed by atoms with Gasteiger partial charge < -0.3 is 4.90 Å². The number of nitrogens with zero attached hydrogens (tertiary/aromatic N) is 2. The summed E-state index contributed by atoms with van der Waals surface area (Å²) in [6, 6.07) is -0.801. The van der Waals surface area contributed by atoms with Crippen molar-refractivity contribution in [3.63, 3.8) is 0 Å². The van der Waals surface area contributed by atoms with Crippen LogP contribution in [0.4, 0.5) is 4.79 Å². The minimum absolute atomic E-state index is 0.315. The molecule has 0 aromatic heterocycles. The molecule has 1 heterocycles. The van der Waals surface area contributed by atoms with Crippen molar-refractivity contribution in [3.8, 4) is 0 Å². The summed E-state index contributed by atoms with van der Waals surface area (Å²) in [5.74, 6) is -1.39. The summed E-state index contributed by atoms with van der Waals surface area (Å²) in [6.07, 6.45) is 1.67. The molecule has 2 aliphatic rings. The fraction of sp³-hybridized carbons (Fsp3) is 0.667. The van der Waals surface area contributed by atoms with Crippen LogP contribution in [-0.4, -0.2) is 53.7 Å². The van der Waals surface area contributed by atoms with E-state index in [1.54, 1.807) is 14.0 Å². The maximum atomic E-state index is 12.3. The third-order valence-electron chi connectivity index (χ3n) is 3.96. The molecule has 19 heavy (non-hydrogen) atoms. The summed E-state index contributed by atoms with van der Waals surface area (Å²) in [5, 5.41) is 2.17. The fourth-order valence-corrected chi connectivity index (χ4v) is 2.28. The highest BCUT2D eigenvalue weighted by atomic mass is 16.2. The second kappa shape index (κ2) is 4.64. The van der Waals surface area contributed by atoms with Crippen molar-refractivity contribution in [2.45, 2.75) is 26.2 Å². The van der Waals surface area contributed by atoms with E-state index >= 15 is 0 Å². The number of urea groups is 1. The normalized spacial score (nSPS) is 21.2. The molecule has 7 nitrogen and oxygen atoms in total. The molecule has 0 aromatic rings. The molecular formula is C12H17N3O4. The van der Waals surface area contributed by atoms with E-state index in [1.807, 2.05) is 0 Å². The number of carbonyl (C=O) groups is 4. The van der Waals surface area contributed by atoms with E-state index in [4.69, 9.17) is 0 Å². The number of likely N-dealkylation sites (N-methyl/N-ethyl adjacent to an activating group) is 1. The van der Waals surface area contributed by atoms with Gasteiger partial charge in [0, 0.05) is 13.6 Å². The summed E-state index contributed by atoms with van der Waals surface area (Å²) >= 11 is 0. The van der Waals surface area contributed by atoms with Gasteiger partial charge in [0.05, 0.1) is 0 Å². The molecule has 2 rings (SSSR count). The fourth-order valence-electron chi connectivity index (χ4n) is 2.28. The van der Waals surface area contributed by atoms with Crippen molar-refractivity contribution in [2.75, 3.05) is 20.1 Å². The van der Waals surface area contributed by atoms with Crippen LogP contribution in [0.3, 0.4) is 0 Å². The number of amides is 5. The molecule has 0 unspecified atom stereocenters. The van der Waals surface area contributed by atoms with Gasteiger partial charge in [0.1, 0.15) is 12.0 Å². The van der Waals surface area contributed by atoms with Gasteiger partial charge in [-0.2, -0.15) is 0 Å². The summed E-state index contributed by atoms with van der Waals surface area (Å²) in [6.45, 7) is 1.98. The average Bonchev–Trinajstić information content (AvgIpc) is 2.31. The Morgan fingerprint density at radius 2 is 2.00 bits per heavy atom. The molecule has 1 aliphatic carbocycles. The van der Waals surface area contributed by atoms with Crippen LogP contribution in [-0.2, 0) is 14.4 Å². The lowest BCUT2D eigenvalue weighted by atomic mass is 9.66. The zero-order valence-electron chi connectivity index (χ0n) is 11.1. The van der Waals surface area contributed by atoms with Crippen molar-refractivity contribution in [2.24, 2.45) is 5.41 Å². The Hall–Kier alpha value is -1.92. The molecule has 7 heteroatoms. The molecule has 5 amide bonds. The van der Waals surface area contributed by atoms with Crippen LogP contribution in [0.5, 0.6) is 0 Å². The first-order chi connectivity index (χ1) is 8.92. The predicted molar refractivity (Wildman–Crippen MR) is 64.8 cm³/mol. The Kier molecular flexibility index (Phi) is 3.30. The number of nitrogens with one attached hydrogen (secondary N) is 1. The molecule has 0 atom stereocenters. The highest BCUT2D eigenvalue weighted by molar-refractivity contribution is 6.20. The van der Waals surface area contributed by atoms with Crippen LogP contribution in [0.2, 0.25) is 0 Å². The van der Waals surface area contributed by atoms with Crippen molar-refractivity contribution in [1.82, 2.24) is 15.1 Å². The van der Waals surface area contributed by atoms with Gasteiger partial charge >= 0.3 is 6.03 Å². The summed E-state index contributed by atoms with van der Waals surface area (Å²) < 4.78 is 0. The minimum Gasteiger partial charge on any atom is -0.344 e. The van der Waals surface area contributed by atoms with Gasteiger partial charge in [0.15, 0.2) is 0 Å². The Bertz CT molecular complexity index is 456. The first kappa shape index (κ1) is 13.5. The number of barbiturate groups is 1. The predicted octanol–water partition coefficient (Wildman–Crippen LogP) is -0.287. The maximum Gasteiger partial charge on any atom is 0.331 e. The lowest BCUT2D eigenvalue weighted by Gasteiger charge is -2.44. The molecule has 1 saturated carbocycles. The van der Waals surface area contributed by atoms with E-state index < -0.39 is 23.3 Å². The summed E-state index contributed by atoms with van der Waals surface area (Å²) in [7, 11) is 1.60. The minimum atomic E-state index is -1.11. The second-order valence-electron chi connectivity index (χ2n) is 4.99. The molecule has 0 radical (unpaired) electrons. The van der Waals surface area contributed by atoms with Gasteiger partial charge in [-0.25, -0.2) is 4.79 Å². The summed E-state index contributed by atoms with van der Waals surface area (Å²) in [5.41, 5.74) is -1.11. The van der Waals surface area contributed by atoms with Crippen LogP contribution >= 0.6 is 0 Å². The summed E-state index contributed by atoms with van der Waals surface area (Å²) in [4.78, 5) is 49.8. The van der Waals surface area contributed by atoms with Crippen molar-refractivity contribution in [1.29, 1.82) is 0 Å². The van der Waals surface area contributed by atoms with Gasteiger partial charge in [-0.15, -0.1) is 0 Å². The quantitative estimate of drug-likeness (QED) is 0.712. The van der Waals surface area contributed by atoms with E-state index in [0.29, 0.717) is 19.4 Å². The molecule has 1 spiro atoms. The van der Waals surface area contributed by atoms with Gasteiger partial charge in [0.25, 0.3) is 0 Å². The van der Waals surface area contributed by atoms with E-state index in [0.717, 1.165) is 11.3 Å². The van der Waals surface area contributed by atoms with Crippen LogP contribution in [0.1, 0.15) is 26.2 Å². The van der Waals surface area contributed by atoms with Gasteiger partial charge in [-0.3, -0.25) is 24.6 Å². The monoisotopic (exact) mass is 267 g/mol. The van der Waals surface area contributed by atoms with Crippen molar-refractivity contribution in [3.05, 3.63) is 0 Å². The first-order valence-electron chi connectivity index (χ1n) is 6.33. The SMILES string of the molecule is CCN(C)C(=O)CN1C(=O)NC(=O)C2(CCC2)C1=O. The van der Waals surface area contributed by atoms with Crippen molar-refractivity contribution < 1.29 is 19.2 Å². The number of imide groups is 2. The molecule has 0 aromatic carbocycles. The van der Waals surface area contributed by atoms with E-state index in [-0.39, 0.29) is 12.5 Å². The lowest BCUT2D eigenvalue weighted by Crippen LogP contribution is -2.67. The largest absolute Gasteiger partial charge is 0.344 e. The Balaban J connectivity index is 2.16. The van der Waals surface area contributed by atoms with E-state index in [9.17, 15) is 19.2 Å². The van der Waals surface area contributed by atoms with Gasteiger partial charge in [-0.1, -0.05) is 6.42 Å². The Labute approximate surface area is 110 Å². The first-order valence-corrected chi connectivity index (χ1v) is 6.33. The number of hydrogen-bond acceptors (Lipinski definition) is 4.